The van der Waals surface area contributed by atoms with Crippen molar-refractivity contribution in [2.45, 2.75) is 45.1 Å². The number of carboxylic acid groups (broad SMARTS) is 1. The first-order chi connectivity index (χ1) is 8.50. The summed E-state index contributed by atoms with van der Waals surface area (Å²) in [6.07, 6.45) is 5.03. The molecule has 0 unspecified atom stereocenters. The Morgan fingerprint density at radius 3 is 2.39 bits per heavy atom. The molecule has 0 aliphatic heterocycles. The molecule has 1 fully saturated rings. The Hall–Kier alpha value is -1.59. The average Bonchev–Trinajstić information content (AvgIpc) is 2.36. The van der Waals surface area contributed by atoms with Crippen LogP contribution in [0.4, 0.5) is 0 Å². The molecule has 1 atom stereocenters. The quantitative estimate of drug-likeness (QED) is 0.658. The van der Waals surface area contributed by atoms with Gasteiger partial charge < -0.3 is 15.7 Å². The second kappa shape index (κ2) is 6.98. The fourth-order valence-electron chi connectivity index (χ4n) is 2.03. The Labute approximate surface area is 106 Å². The summed E-state index contributed by atoms with van der Waals surface area (Å²) in [6, 6.07) is -0.941. The Morgan fingerprint density at radius 1 is 1.22 bits per heavy atom. The van der Waals surface area contributed by atoms with Crippen LogP contribution in [0.5, 0.6) is 0 Å². The summed E-state index contributed by atoms with van der Waals surface area (Å²) >= 11 is 0. The molecule has 0 heterocycles. The zero-order valence-electron chi connectivity index (χ0n) is 10.6. The minimum absolute atomic E-state index is 0.00319. The molecular weight excluding hydrogens is 236 g/mol. The third-order valence-electron chi connectivity index (χ3n) is 3.15. The molecule has 0 aromatic rings. The highest BCUT2D eigenvalue weighted by atomic mass is 16.4. The number of carbonyl (C=O) groups is 3. The minimum Gasteiger partial charge on any atom is -0.480 e. The molecule has 0 saturated heterocycles. The lowest BCUT2D eigenvalue weighted by Gasteiger charge is -2.20. The van der Waals surface area contributed by atoms with Crippen LogP contribution in [0.2, 0.25) is 0 Å². The summed E-state index contributed by atoms with van der Waals surface area (Å²) in [5.41, 5.74) is 0. The van der Waals surface area contributed by atoms with Crippen molar-refractivity contribution in [2.24, 2.45) is 5.92 Å². The zero-order valence-corrected chi connectivity index (χ0v) is 10.6. The lowest BCUT2D eigenvalue weighted by Crippen LogP contribution is -2.45. The molecule has 3 N–H and O–H groups in total. The van der Waals surface area contributed by atoms with E-state index < -0.39 is 17.9 Å². The van der Waals surface area contributed by atoms with Crippen LogP contribution in [0, 0.1) is 5.92 Å². The van der Waals surface area contributed by atoms with Crippen molar-refractivity contribution >= 4 is 17.8 Å². The lowest BCUT2D eigenvalue weighted by molar-refractivity contribution is -0.141. The molecule has 6 heteroatoms. The molecule has 0 bridgehead atoms. The average molecular weight is 256 g/mol. The summed E-state index contributed by atoms with van der Waals surface area (Å²) in [7, 11) is 0. The third kappa shape index (κ3) is 4.73. The monoisotopic (exact) mass is 256 g/mol. The first-order valence-corrected chi connectivity index (χ1v) is 6.30. The van der Waals surface area contributed by atoms with Gasteiger partial charge in [-0.1, -0.05) is 19.3 Å². The van der Waals surface area contributed by atoms with Crippen molar-refractivity contribution in [3.8, 4) is 0 Å². The van der Waals surface area contributed by atoms with E-state index >= 15 is 0 Å². The van der Waals surface area contributed by atoms with Crippen molar-refractivity contribution in [1.29, 1.82) is 0 Å². The topological polar surface area (TPSA) is 95.5 Å². The molecule has 1 rings (SSSR count). The standard InChI is InChI=1S/C12H20N2O4/c1-8(12(17)18)14-10(15)7-13-11(16)9-5-3-2-4-6-9/h8-9H,2-7H2,1H3,(H,13,16)(H,14,15)(H,17,18)/t8-/m0/s1. The van der Waals surface area contributed by atoms with E-state index in [4.69, 9.17) is 5.11 Å². The summed E-state index contributed by atoms with van der Waals surface area (Å²) in [5, 5.41) is 13.4. The van der Waals surface area contributed by atoms with Gasteiger partial charge in [-0.2, -0.15) is 0 Å². The highest BCUT2D eigenvalue weighted by molar-refractivity contribution is 5.88. The molecule has 0 radical (unpaired) electrons. The van der Waals surface area contributed by atoms with Gasteiger partial charge in [-0.3, -0.25) is 14.4 Å². The van der Waals surface area contributed by atoms with E-state index in [0.717, 1.165) is 25.7 Å². The Morgan fingerprint density at radius 2 is 1.83 bits per heavy atom. The maximum absolute atomic E-state index is 11.7. The minimum atomic E-state index is -1.10. The normalized spacial score (nSPS) is 17.8. The van der Waals surface area contributed by atoms with Gasteiger partial charge in [-0.15, -0.1) is 0 Å². The van der Waals surface area contributed by atoms with Gasteiger partial charge in [0.25, 0.3) is 0 Å². The van der Waals surface area contributed by atoms with Crippen LogP contribution >= 0.6 is 0 Å². The highest BCUT2D eigenvalue weighted by Gasteiger charge is 2.21. The molecule has 6 nitrogen and oxygen atoms in total. The van der Waals surface area contributed by atoms with Crippen molar-refractivity contribution in [1.82, 2.24) is 10.6 Å². The molecule has 0 spiro atoms. The van der Waals surface area contributed by atoms with Crippen molar-refractivity contribution in [3.63, 3.8) is 0 Å². The number of aliphatic carboxylic acids is 1. The molecule has 1 saturated carbocycles. The number of carboxylic acids is 1. The molecule has 2 amide bonds. The van der Waals surface area contributed by atoms with Gasteiger partial charge in [0.2, 0.25) is 11.8 Å². The van der Waals surface area contributed by atoms with E-state index in [1.165, 1.54) is 13.3 Å². The highest BCUT2D eigenvalue weighted by Crippen LogP contribution is 2.23. The SMILES string of the molecule is C[C@H](NC(=O)CNC(=O)C1CCCCC1)C(=O)O. The van der Waals surface area contributed by atoms with Crippen LogP contribution in [0.25, 0.3) is 0 Å². The lowest BCUT2D eigenvalue weighted by atomic mass is 9.89. The number of hydrogen-bond donors (Lipinski definition) is 3. The fourth-order valence-corrected chi connectivity index (χ4v) is 2.03. The maximum Gasteiger partial charge on any atom is 0.325 e. The van der Waals surface area contributed by atoms with E-state index in [0.29, 0.717) is 0 Å². The van der Waals surface area contributed by atoms with Gasteiger partial charge in [0.05, 0.1) is 6.54 Å². The van der Waals surface area contributed by atoms with E-state index in [-0.39, 0.29) is 18.4 Å². The summed E-state index contributed by atoms with van der Waals surface area (Å²) in [4.78, 5) is 33.6. The molecule has 0 aromatic heterocycles. The number of nitrogens with one attached hydrogen (secondary N) is 2. The maximum atomic E-state index is 11.7. The fraction of sp³-hybridized carbons (Fsp3) is 0.750. The predicted molar refractivity (Wildman–Crippen MR) is 64.8 cm³/mol. The molecule has 102 valence electrons. The molecule has 1 aliphatic carbocycles. The first kappa shape index (κ1) is 14.5. The van der Waals surface area contributed by atoms with Gasteiger partial charge in [0.15, 0.2) is 0 Å². The first-order valence-electron chi connectivity index (χ1n) is 6.30. The molecule has 1 aliphatic rings. The van der Waals surface area contributed by atoms with Crippen molar-refractivity contribution in [2.75, 3.05) is 6.54 Å². The Kier molecular flexibility index (Phi) is 5.61. The summed E-state index contributed by atoms with van der Waals surface area (Å²) < 4.78 is 0. The second-order valence-electron chi connectivity index (χ2n) is 4.68. The van der Waals surface area contributed by atoms with Crippen molar-refractivity contribution in [3.05, 3.63) is 0 Å². The second-order valence-corrected chi connectivity index (χ2v) is 4.68. The number of rotatable bonds is 5. The van der Waals surface area contributed by atoms with Crippen LogP contribution < -0.4 is 10.6 Å². The van der Waals surface area contributed by atoms with Crippen LogP contribution in [0.1, 0.15) is 39.0 Å². The van der Waals surface area contributed by atoms with Crippen LogP contribution in [0.3, 0.4) is 0 Å². The van der Waals surface area contributed by atoms with E-state index in [1.807, 2.05) is 0 Å². The van der Waals surface area contributed by atoms with Gasteiger partial charge in [0, 0.05) is 5.92 Å². The van der Waals surface area contributed by atoms with Gasteiger partial charge in [-0.25, -0.2) is 0 Å². The molecule has 0 aromatic carbocycles. The van der Waals surface area contributed by atoms with Crippen molar-refractivity contribution < 1.29 is 19.5 Å². The van der Waals surface area contributed by atoms with Crippen LogP contribution in [-0.2, 0) is 14.4 Å². The van der Waals surface area contributed by atoms with Gasteiger partial charge >= 0.3 is 5.97 Å². The Balaban J connectivity index is 2.25. The molecular formula is C12H20N2O4. The largest absolute Gasteiger partial charge is 0.480 e. The predicted octanol–water partition coefficient (Wildman–Crippen LogP) is 0.272. The van der Waals surface area contributed by atoms with E-state index in [2.05, 4.69) is 10.6 Å². The van der Waals surface area contributed by atoms with E-state index in [1.54, 1.807) is 0 Å². The van der Waals surface area contributed by atoms with E-state index in [9.17, 15) is 14.4 Å². The number of carbonyl (C=O) groups excluding carboxylic acids is 2. The van der Waals surface area contributed by atoms with Crippen LogP contribution in [-0.4, -0.2) is 35.5 Å². The third-order valence-corrected chi connectivity index (χ3v) is 3.15. The summed E-state index contributed by atoms with van der Waals surface area (Å²) in [5.74, 6) is -1.67. The van der Waals surface area contributed by atoms with Gasteiger partial charge in [0.1, 0.15) is 6.04 Å². The zero-order chi connectivity index (χ0) is 13.5. The smallest absolute Gasteiger partial charge is 0.325 e. The number of hydrogen-bond acceptors (Lipinski definition) is 3. The van der Waals surface area contributed by atoms with Crippen LogP contribution in [0.15, 0.2) is 0 Å². The summed E-state index contributed by atoms with van der Waals surface area (Å²) in [6.45, 7) is 1.22. The number of amides is 2. The van der Waals surface area contributed by atoms with Gasteiger partial charge in [-0.05, 0) is 19.8 Å². The molecule has 18 heavy (non-hydrogen) atoms. The Bertz CT molecular complexity index is 324.